The molecule has 2 aliphatic rings. The highest BCUT2D eigenvalue weighted by Crippen LogP contribution is 2.40. The zero-order valence-corrected chi connectivity index (χ0v) is 15.0. The monoisotopic (exact) mass is 372 g/mol. The molecule has 0 radical (unpaired) electrons. The van der Waals surface area contributed by atoms with E-state index in [-0.39, 0.29) is 11.7 Å². The van der Waals surface area contributed by atoms with Crippen molar-refractivity contribution < 1.29 is 14.7 Å². The van der Waals surface area contributed by atoms with Crippen LogP contribution in [0, 0.1) is 0 Å². The molecule has 7 nitrogen and oxygen atoms in total. The first-order chi connectivity index (χ1) is 12.6. The van der Waals surface area contributed by atoms with Crippen molar-refractivity contribution in [1.82, 2.24) is 20.1 Å². The lowest BCUT2D eigenvalue weighted by molar-refractivity contribution is -0.142. The van der Waals surface area contributed by atoms with Crippen molar-refractivity contribution >= 4 is 23.6 Å². The van der Waals surface area contributed by atoms with E-state index >= 15 is 0 Å². The molecule has 1 aromatic heterocycles. The quantitative estimate of drug-likeness (QED) is 0.688. The van der Waals surface area contributed by atoms with Gasteiger partial charge in [0.25, 0.3) is 0 Å². The van der Waals surface area contributed by atoms with E-state index in [0.29, 0.717) is 30.5 Å². The predicted octanol–water partition coefficient (Wildman–Crippen LogP) is 2.03. The Bertz CT molecular complexity index is 828. The molecule has 1 heterocycles. The molecule has 8 heteroatoms. The van der Waals surface area contributed by atoms with Crippen LogP contribution in [0.2, 0.25) is 0 Å². The minimum Gasteiger partial charge on any atom is -0.480 e. The second kappa shape index (κ2) is 6.75. The normalized spacial score (nSPS) is 17.7. The average molecular weight is 372 g/mol. The molecule has 26 heavy (non-hydrogen) atoms. The first-order valence-electron chi connectivity index (χ1n) is 8.72. The van der Waals surface area contributed by atoms with Crippen LogP contribution in [0.3, 0.4) is 0 Å². The van der Waals surface area contributed by atoms with Crippen LogP contribution in [0.4, 0.5) is 0 Å². The molecule has 2 aliphatic carbocycles. The van der Waals surface area contributed by atoms with Crippen LogP contribution in [0.25, 0.3) is 0 Å². The molecule has 2 fully saturated rings. The average Bonchev–Trinajstić information content (AvgIpc) is 3.55. The van der Waals surface area contributed by atoms with Crippen LogP contribution in [0.1, 0.15) is 43.0 Å². The number of nitrogens with one attached hydrogen (secondary N) is 1. The number of hydrogen-bond donors (Lipinski definition) is 2. The van der Waals surface area contributed by atoms with E-state index in [4.69, 9.17) is 5.11 Å². The molecule has 0 atom stereocenters. The Morgan fingerprint density at radius 3 is 2.58 bits per heavy atom. The Balaban J connectivity index is 1.44. The lowest BCUT2D eigenvalue weighted by Gasteiger charge is -2.13. The summed E-state index contributed by atoms with van der Waals surface area (Å²) in [6.45, 7) is 0.669. The number of amides is 1. The third-order valence-electron chi connectivity index (χ3n) is 4.74. The number of benzene rings is 1. The fourth-order valence-electron chi connectivity index (χ4n) is 2.92. The fraction of sp³-hybridized carbons (Fsp3) is 0.444. The highest BCUT2D eigenvalue weighted by Gasteiger charge is 2.51. The van der Waals surface area contributed by atoms with Crippen LogP contribution in [0.15, 0.2) is 35.5 Å². The second-order valence-electron chi connectivity index (χ2n) is 6.91. The molecule has 0 spiro atoms. The van der Waals surface area contributed by atoms with Gasteiger partial charge in [0.2, 0.25) is 5.91 Å². The van der Waals surface area contributed by atoms with Crippen molar-refractivity contribution in [3.63, 3.8) is 0 Å². The lowest BCUT2D eigenvalue weighted by Crippen LogP contribution is -2.43. The minimum atomic E-state index is -1.05. The van der Waals surface area contributed by atoms with Crippen LogP contribution < -0.4 is 5.32 Å². The summed E-state index contributed by atoms with van der Waals surface area (Å²) in [5.74, 6) is 0.320. The molecule has 2 aromatic rings. The van der Waals surface area contributed by atoms with Gasteiger partial charge in [-0.3, -0.25) is 4.79 Å². The van der Waals surface area contributed by atoms with Gasteiger partial charge in [0.05, 0.1) is 12.3 Å². The maximum Gasteiger partial charge on any atom is 0.329 e. The van der Waals surface area contributed by atoms with Gasteiger partial charge in [-0.2, -0.15) is 0 Å². The summed E-state index contributed by atoms with van der Waals surface area (Å²) in [7, 11) is 0. The van der Waals surface area contributed by atoms with Gasteiger partial charge in [-0.05, 0) is 31.2 Å². The first-order valence-corrected chi connectivity index (χ1v) is 9.70. The van der Waals surface area contributed by atoms with Gasteiger partial charge in [0.1, 0.15) is 11.4 Å². The molecule has 2 N–H and O–H groups in total. The SMILES string of the molecule is O=C(CSc1nnc(C2CC2)n1Cc1ccccc1)NC1(C(=O)O)CC1. The Morgan fingerprint density at radius 1 is 1.23 bits per heavy atom. The summed E-state index contributed by atoms with van der Waals surface area (Å²) in [6.07, 6.45) is 3.24. The van der Waals surface area contributed by atoms with Crippen molar-refractivity contribution in [2.45, 2.75) is 48.8 Å². The minimum absolute atomic E-state index is 0.132. The van der Waals surface area contributed by atoms with Gasteiger partial charge >= 0.3 is 5.97 Å². The van der Waals surface area contributed by atoms with E-state index in [9.17, 15) is 9.59 Å². The smallest absolute Gasteiger partial charge is 0.329 e. The molecule has 4 rings (SSSR count). The van der Waals surface area contributed by atoms with Gasteiger partial charge in [-0.25, -0.2) is 4.79 Å². The van der Waals surface area contributed by atoms with Crippen molar-refractivity contribution in [2.24, 2.45) is 0 Å². The van der Waals surface area contributed by atoms with Gasteiger partial charge in [0.15, 0.2) is 5.16 Å². The number of nitrogens with zero attached hydrogens (tertiary/aromatic N) is 3. The van der Waals surface area contributed by atoms with E-state index in [0.717, 1.165) is 24.2 Å². The molecule has 2 saturated carbocycles. The van der Waals surface area contributed by atoms with Crippen LogP contribution in [-0.4, -0.2) is 43.0 Å². The topological polar surface area (TPSA) is 97.1 Å². The molecular weight excluding hydrogens is 352 g/mol. The van der Waals surface area contributed by atoms with Crippen LogP contribution in [-0.2, 0) is 16.1 Å². The largest absolute Gasteiger partial charge is 0.480 e. The summed E-state index contributed by atoms with van der Waals surface area (Å²) < 4.78 is 2.08. The number of carbonyl (C=O) groups excluding carboxylic acids is 1. The van der Waals surface area contributed by atoms with Crippen molar-refractivity contribution in [2.75, 3.05) is 5.75 Å². The highest BCUT2D eigenvalue weighted by atomic mass is 32.2. The highest BCUT2D eigenvalue weighted by molar-refractivity contribution is 7.99. The number of aromatic nitrogens is 3. The van der Waals surface area contributed by atoms with E-state index in [1.165, 1.54) is 11.8 Å². The zero-order chi connectivity index (χ0) is 18.1. The number of carboxylic acid groups (broad SMARTS) is 1. The van der Waals surface area contributed by atoms with E-state index < -0.39 is 11.5 Å². The zero-order valence-electron chi connectivity index (χ0n) is 14.2. The number of aliphatic carboxylic acids is 1. The van der Waals surface area contributed by atoms with Gasteiger partial charge in [0, 0.05) is 5.92 Å². The molecule has 136 valence electrons. The van der Waals surface area contributed by atoms with E-state index in [1.807, 2.05) is 18.2 Å². The summed E-state index contributed by atoms with van der Waals surface area (Å²) in [6, 6.07) is 10.1. The molecule has 1 aromatic carbocycles. The maximum atomic E-state index is 12.1. The number of carbonyl (C=O) groups is 2. The number of thioether (sulfide) groups is 1. The second-order valence-corrected chi connectivity index (χ2v) is 7.85. The Kier molecular flexibility index (Phi) is 4.44. The van der Waals surface area contributed by atoms with Gasteiger partial charge in [-0.15, -0.1) is 10.2 Å². The van der Waals surface area contributed by atoms with Crippen LogP contribution in [0.5, 0.6) is 0 Å². The van der Waals surface area contributed by atoms with Gasteiger partial charge in [-0.1, -0.05) is 42.1 Å². The molecule has 0 aliphatic heterocycles. The maximum absolute atomic E-state index is 12.1. The molecule has 1 amide bonds. The Morgan fingerprint density at radius 2 is 1.96 bits per heavy atom. The summed E-state index contributed by atoms with van der Waals surface area (Å²) in [5, 5.41) is 21.1. The first kappa shape index (κ1) is 17.1. The summed E-state index contributed by atoms with van der Waals surface area (Å²) in [4.78, 5) is 23.3. The third kappa shape index (κ3) is 3.60. The van der Waals surface area contributed by atoms with E-state index in [1.54, 1.807) is 0 Å². The van der Waals surface area contributed by atoms with Gasteiger partial charge < -0.3 is 15.0 Å². The summed E-state index contributed by atoms with van der Waals surface area (Å²) >= 11 is 1.30. The standard InChI is InChI=1S/C18H20N4O3S/c23-14(19-18(8-9-18)16(24)25)11-26-17-21-20-15(13-6-7-13)22(17)10-12-4-2-1-3-5-12/h1-5,13H,6-11H2,(H,19,23)(H,24,25). The molecular formula is C18H20N4O3S. The van der Waals surface area contributed by atoms with Crippen molar-refractivity contribution in [1.29, 1.82) is 0 Å². The van der Waals surface area contributed by atoms with Crippen molar-refractivity contribution in [3.8, 4) is 0 Å². The number of hydrogen-bond acceptors (Lipinski definition) is 5. The van der Waals surface area contributed by atoms with E-state index in [2.05, 4.69) is 32.2 Å². The predicted molar refractivity (Wildman–Crippen MR) is 96.0 cm³/mol. The number of carboxylic acids is 1. The summed E-state index contributed by atoms with van der Waals surface area (Å²) in [5.41, 5.74) is 0.109. The third-order valence-corrected chi connectivity index (χ3v) is 5.71. The number of rotatable bonds is 8. The Labute approximate surface area is 155 Å². The fourth-order valence-corrected chi connectivity index (χ4v) is 3.66. The van der Waals surface area contributed by atoms with Crippen molar-refractivity contribution in [3.05, 3.63) is 41.7 Å². The molecule has 0 bridgehead atoms. The van der Waals surface area contributed by atoms with Crippen LogP contribution >= 0.6 is 11.8 Å². The molecule has 0 saturated heterocycles. The lowest BCUT2D eigenvalue weighted by atomic mass is 10.2. The molecule has 0 unspecified atom stereocenters. The Hall–Kier alpha value is -2.35.